The molecular weight excluding hydrogens is 392 g/mol. The highest BCUT2D eigenvalue weighted by Crippen LogP contribution is 2.39. The summed E-state index contributed by atoms with van der Waals surface area (Å²) in [5.74, 6) is -0.313. The van der Waals surface area contributed by atoms with E-state index in [-0.39, 0.29) is 30.1 Å². The Kier molecular flexibility index (Phi) is 7.63. The molecule has 0 bridgehead atoms. The van der Waals surface area contributed by atoms with Crippen molar-refractivity contribution < 1.29 is 19.4 Å². The summed E-state index contributed by atoms with van der Waals surface area (Å²) in [6, 6.07) is 11.1. The lowest BCUT2D eigenvalue weighted by atomic mass is 9.80. The average molecular weight is 417 g/mol. The predicted octanol–water partition coefficient (Wildman–Crippen LogP) is 4.12. The number of halogens is 1. The number of nitrogens with zero attached hydrogens (tertiary/aromatic N) is 1. The van der Waals surface area contributed by atoms with Gasteiger partial charge in [-0.05, 0) is 55.7 Å². The Balaban J connectivity index is 1.92. The van der Waals surface area contributed by atoms with E-state index in [4.69, 9.17) is 21.1 Å². The van der Waals surface area contributed by atoms with Gasteiger partial charge in [0.25, 0.3) is 5.91 Å². The minimum absolute atomic E-state index is 0.0433. The normalized spacial score (nSPS) is 21.2. The van der Waals surface area contributed by atoms with Crippen LogP contribution in [-0.4, -0.2) is 35.5 Å². The number of aromatic nitrogens is 1. The molecule has 3 rings (SSSR count). The van der Waals surface area contributed by atoms with E-state index in [2.05, 4.69) is 10.3 Å². The summed E-state index contributed by atoms with van der Waals surface area (Å²) in [5, 5.41) is 12.8. The lowest BCUT2D eigenvalue weighted by Gasteiger charge is -2.37. The molecule has 0 spiro atoms. The Bertz CT molecular complexity index is 826. The number of hydrogen-bond donors (Lipinski definition) is 2. The molecule has 0 radical (unpaired) electrons. The van der Waals surface area contributed by atoms with Crippen LogP contribution in [0.5, 0.6) is 0 Å². The number of amides is 1. The molecule has 2 heterocycles. The predicted molar refractivity (Wildman–Crippen MR) is 111 cm³/mol. The molecule has 0 saturated heterocycles. The van der Waals surface area contributed by atoms with Gasteiger partial charge in [-0.3, -0.25) is 9.78 Å². The molecule has 0 saturated carbocycles. The minimum atomic E-state index is -0.591. The fourth-order valence-electron chi connectivity index (χ4n) is 3.46. The number of carbonyl (C=O) groups is 1. The lowest BCUT2D eigenvalue weighted by Crippen LogP contribution is -2.37. The summed E-state index contributed by atoms with van der Waals surface area (Å²) in [6.45, 7) is 2.42. The molecular formula is C22H25ClN2O4. The second kappa shape index (κ2) is 10.4. The van der Waals surface area contributed by atoms with Crippen LogP contribution in [0.4, 0.5) is 5.69 Å². The number of anilines is 1. The van der Waals surface area contributed by atoms with Gasteiger partial charge in [0, 0.05) is 36.3 Å². The highest BCUT2D eigenvalue weighted by atomic mass is 35.5. The molecule has 6 nitrogen and oxygen atoms in total. The van der Waals surface area contributed by atoms with Gasteiger partial charge in [0.15, 0.2) is 5.76 Å². The van der Waals surface area contributed by atoms with E-state index in [0.717, 1.165) is 5.56 Å². The zero-order chi connectivity index (χ0) is 20.6. The topological polar surface area (TPSA) is 80.7 Å². The molecule has 0 fully saturated rings. The molecule has 29 heavy (non-hydrogen) atoms. The molecule has 0 aliphatic carbocycles. The first-order valence-corrected chi connectivity index (χ1v) is 10.1. The van der Waals surface area contributed by atoms with E-state index in [0.29, 0.717) is 30.2 Å². The number of ether oxygens (including phenoxy) is 2. The summed E-state index contributed by atoms with van der Waals surface area (Å²) in [7, 11) is 0. The van der Waals surface area contributed by atoms with Crippen molar-refractivity contribution in [3.63, 3.8) is 0 Å². The Labute approximate surface area is 175 Å². The third-order valence-corrected chi connectivity index (χ3v) is 5.06. The molecule has 1 aliphatic rings. The largest absolute Gasteiger partial charge is 0.459 e. The first kappa shape index (κ1) is 21.3. The van der Waals surface area contributed by atoms with Crippen LogP contribution in [0.1, 0.15) is 31.2 Å². The number of rotatable bonds is 8. The first-order chi connectivity index (χ1) is 14.1. The molecule has 2 N–H and O–H groups in total. The molecule has 1 aromatic heterocycles. The molecule has 1 aromatic carbocycles. The van der Waals surface area contributed by atoms with Crippen molar-refractivity contribution in [1.82, 2.24) is 4.98 Å². The van der Waals surface area contributed by atoms with Crippen LogP contribution >= 0.6 is 11.6 Å². The number of allylic oxidation sites excluding steroid dienone is 1. The summed E-state index contributed by atoms with van der Waals surface area (Å²) in [4.78, 5) is 16.8. The number of pyridine rings is 1. The Morgan fingerprint density at radius 3 is 2.76 bits per heavy atom. The standard InChI is InChI=1S/C22H25ClN2O4/c1-2-28-22-18(6-4-12-26)19(15-7-9-16(23)10-8-15)13-20(29-22)21(27)25-17-5-3-11-24-14-17/h3,5,7-11,13-14,18-19,22,26H,2,4,6,12H2,1H3,(H,25,27)/t18-,19+,22+/m1/s1. The van der Waals surface area contributed by atoms with E-state index in [9.17, 15) is 9.90 Å². The maximum absolute atomic E-state index is 12.8. The van der Waals surface area contributed by atoms with Crippen LogP contribution in [0.2, 0.25) is 5.02 Å². The average Bonchev–Trinajstić information content (AvgIpc) is 2.74. The minimum Gasteiger partial charge on any atom is -0.459 e. The smallest absolute Gasteiger partial charge is 0.290 e. The van der Waals surface area contributed by atoms with Crippen LogP contribution in [0.25, 0.3) is 0 Å². The van der Waals surface area contributed by atoms with Crippen LogP contribution in [-0.2, 0) is 14.3 Å². The Hall–Kier alpha value is -2.41. The Morgan fingerprint density at radius 1 is 1.31 bits per heavy atom. The van der Waals surface area contributed by atoms with Gasteiger partial charge in [0.05, 0.1) is 11.9 Å². The molecule has 7 heteroatoms. The van der Waals surface area contributed by atoms with Gasteiger partial charge in [0.2, 0.25) is 6.29 Å². The molecule has 1 aliphatic heterocycles. The highest BCUT2D eigenvalue weighted by molar-refractivity contribution is 6.30. The van der Waals surface area contributed by atoms with E-state index in [1.54, 1.807) is 24.5 Å². The van der Waals surface area contributed by atoms with Crippen LogP contribution in [0, 0.1) is 5.92 Å². The van der Waals surface area contributed by atoms with Crippen molar-refractivity contribution >= 4 is 23.2 Å². The fraction of sp³-hybridized carbons (Fsp3) is 0.364. The molecule has 2 aromatic rings. The van der Waals surface area contributed by atoms with Crippen molar-refractivity contribution in [2.45, 2.75) is 32.0 Å². The third-order valence-electron chi connectivity index (χ3n) is 4.81. The number of carbonyl (C=O) groups excluding carboxylic acids is 1. The molecule has 1 amide bonds. The molecule has 154 valence electrons. The van der Waals surface area contributed by atoms with Crippen molar-refractivity contribution in [1.29, 1.82) is 0 Å². The molecule has 0 unspecified atom stereocenters. The lowest BCUT2D eigenvalue weighted by molar-refractivity contribution is -0.165. The van der Waals surface area contributed by atoms with Gasteiger partial charge < -0.3 is 19.9 Å². The van der Waals surface area contributed by atoms with E-state index >= 15 is 0 Å². The quantitative estimate of drug-likeness (QED) is 0.676. The number of aliphatic hydroxyl groups excluding tert-OH is 1. The summed E-state index contributed by atoms with van der Waals surface area (Å²) < 4.78 is 11.8. The first-order valence-electron chi connectivity index (χ1n) is 9.70. The monoisotopic (exact) mass is 416 g/mol. The SMILES string of the molecule is CCO[C@H]1OC(C(=O)Nc2cccnc2)=C[C@@H](c2ccc(Cl)cc2)[C@H]1CCCO. The van der Waals surface area contributed by atoms with Gasteiger partial charge in [-0.25, -0.2) is 0 Å². The van der Waals surface area contributed by atoms with Gasteiger partial charge in [-0.2, -0.15) is 0 Å². The van der Waals surface area contributed by atoms with E-state index < -0.39 is 6.29 Å². The van der Waals surface area contributed by atoms with Crippen molar-refractivity contribution in [2.24, 2.45) is 5.92 Å². The summed E-state index contributed by atoms with van der Waals surface area (Å²) in [6.07, 6.45) is 5.76. The maximum Gasteiger partial charge on any atom is 0.290 e. The van der Waals surface area contributed by atoms with Gasteiger partial charge in [0.1, 0.15) is 0 Å². The zero-order valence-electron chi connectivity index (χ0n) is 16.3. The number of nitrogens with one attached hydrogen (secondary N) is 1. The second-order valence-corrected chi connectivity index (χ2v) is 7.21. The highest BCUT2D eigenvalue weighted by Gasteiger charge is 2.37. The van der Waals surface area contributed by atoms with Crippen molar-refractivity contribution in [3.05, 3.63) is 71.2 Å². The van der Waals surface area contributed by atoms with E-state index in [1.807, 2.05) is 37.3 Å². The zero-order valence-corrected chi connectivity index (χ0v) is 17.0. The second-order valence-electron chi connectivity index (χ2n) is 6.78. The third kappa shape index (κ3) is 5.56. The van der Waals surface area contributed by atoms with Crippen LogP contribution < -0.4 is 5.32 Å². The number of hydrogen-bond acceptors (Lipinski definition) is 5. The van der Waals surface area contributed by atoms with Crippen molar-refractivity contribution in [3.8, 4) is 0 Å². The number of benzene rings is 1. The van der Waals surface area contributed by atoms with Gasteiger partial charge in [-0.1, -0.05) is 23.7 Å². The van der Waals surface area contributed by atoms with Gasteiger partial charge in [-0.15, -0.1) is 0 Å². The fourth-order valence-corrected chi connectivity index (χ4v) is 3.59. The summed E-state index contributed by atoms with van der Waals surface area (Å²) >= 11 is 6.05. The van der Waals surface area contributed by atoms with Crippen LogP contribution in [0.3, 0.4) is 0 Å². The van der Waals surface area contributed by atoms with Gasteiger partial charge >= 0.3 is 0 Å². The van der Waals surface area contributed by atoms with Crippen LogP contribution in [0.15, 0.2) is 60.6 Å². The summed E-state index contributed by atoms with van der Waals surface area (Å²) in [5.41, 5.74) is 1.59. The number of aliphatic hydroxyl groups is 1. The van der Waals surface area contributed by atoms with E-state index in [1.165, 1.54) is 0 Å². The Morgan fingerprint density at radius 2 is 2.10 bits per heavy atom. The van der Waals surface area contributed by atoms with Crippen molar-refractivity contribution in [2.75, 3.05) is 18.5 Å². The molecule has 3 atom stereocenters. The maximum atomic E-state index is 12.8.